The van der Waals surface area contributed by atoms with E-state index in [4.69, 9.17) is 0 Å². The smallest absolute Gasteiger partial charge is 0.422 e. The fourth-order valence-corrected chi connectivity index (χ4v) is 1.11. The van der Waals surface area contributed by atoms with Crippen LogP contribution in [0.1, 0.15) is 5.56 Å². The van der Waals surface area contributed by atoms with E-state index < -0.39 is 23.7 Å². The van der Waals surface area contributed by atoms with Gasteiger partial charge in [0, 0.05) is 18.2 Å². The summed E-state index contributed by atoms with van der Waals surface area (Å²) in [5.74, 6) is -1.18. The average Bonchev–Trinajstić information content (AvgIpc) is 2.33. The first kappa shape index (κ1) is 14.7. The zero-order valence-electron chi connectivity index (χ0n) is 9.39. The van der Waals surface area contributed by atoms with Crippen LogP contribution >= 0.6 is 0 Å². The van der Waals surface area contributed by atoms with Gasteiger partial charge in [0.05, 0.1) is 4.92 Å². The molecule has 1 rings (SSSR count). The van der Waals surface area contributed by atoms with Gasteiger partial charge >= 0.3 is 12.1 Å². The lowest BCUT2D eigenvalue weighted by molar-refractivity contribution is -0.384. The van der Waals surface area contributed by atoms with E-state index in [1.807, 2.05) is 0 Å². The first-order chi connectivity index (χ1) is 8.78. The maximum atomic E-state index is 11.7. The van der Waals surface area contributed by atoms with Gasteiger partial charge in [-0.1, -0.05) is 12.1 Å². The van der Waals surface area contributed by atoms with E-state index >= 15 is 0 Å². The molecule has 102 valence electrons. The summed E-state index contributed by atoms with van der Waals surface area (Å²) in [5, 5.41) is 10.5. The fraction of sp³-hybridized carbons (Fsp3) is 0.182. The molecular formula is C11H8F3NO4. The molecule has 19 heavy (non-hydrogen) atoms. The maximum Gasteiger partial charge on any atom is 0.422 e. The van der Waals surface area contributed by atoms with Gasteiger partial charge in [0.2, 0.25) is 0 Å². The monoisotopic (exact) mass is 275 g/mol. The average molecular weight is 275 g/mol. The molecule has 0 atom stereocenters. The summed E-state index contributed by atoms with van der Waals surface area (Å²) in [7, 11) is 0. The minimum absolute atomic E-state index is 0.189. The number of ether oxygens (including phenoxy) is 1. The second kappa shape index (κ2) is 5.98. The van der Waals surface area contributed by atoms with Gasteiger partial charge in [-0.3, -0.25) is 10.1 Å². The molecule has 0 amide bonds. The predicted octanol–water partition coefficient (Wildman–Crippen LogP) is 2.71. The Morgan fingerprint density at radius 3 is 2.68 bits per heavy atom. The Balaban J connectivity index is 2.64. The number of esters is 1. The molecule has 0 saturated heterocycles. The Labute approximate surface area is 105 Å². The van der Waals surface area contributed by atoms with E-state index in [1.54, 1.807) is 0 Å². The zero-order valence-corrected chi connectivity index (χ0v) is 9.39. The summed E-state index contributed by atoms with van der Waals surface area (Å²) in [5.41, 5.74) is 0.115. The quantitative estimate of drug-likeness (QED) is 0.366. The van der Waals surface area contributed by atoms with Crippen LogP contribution in [0.5, 0.6) is 0 Å². The van der Waals surface area contributed by atoms with Gasteiger partial charge < -0.3 is 4.74 Å². The molecule has 8 heteroatoms. The number of benzene rings is 1. The molecule has 0 N–H and O–H groups in total. The van der Waals surface area contributed by atoms with E-state index in [9.17, 15) is 28.1 Å². The fourth-order valence-electron chi connectivity index (χ4n) is 1.11. The van der Waals surface area contributed by atoms with Gasteiger partial charge in [-0.25, -0.2) is 4.79 Å². The van der Waals surface area contributed by atoms with Crippen LogP contribution in [-0.4, -0.2) is 23.7 Å². The molecule has 0 unspecified atom stereocenters. The van der Waals surface area contributed by atoms with E-state index in [0.717, 1.165) is 12.2 Å². The van der Waals surface area contributed by atoms with E-state index in [1.165, 1.54) is 24.3 Å². The van der Waals surface area contributed by atoms with Crippen molar-refractivity contribution in [2.24, 2.45) is 0 Å². The number of carbonyl (C=O) groups excluding carboxylic acids is 1. The van der Waals surface area contributed by atoms with Crippen molar-refractivity contribution in [2.75, 3.05) is 6.61 Å². The van der Waals surface area contributed by atoms with Gasteiger partial charge in [-0.2, -0.15) is 13.2 Å². The van der Waals surface area contributed by atoms with Crippen molar-refractivity contribution in [1.29, 1.82) is 0 Å². The van der Waals surface area contributed by atoms with E-state index in [-0.39, 0.29) is 5.69 Å². The van der Waals surface area contributed by atoms with Crippen molar-refractivity contribution in [1.82, 2.24) is 0 Å². The SMILES string of the molecule is O=C(/C=C/c1cccc([N+](=O)[O-])c1)OCC(F)(F)F. The largest absolute Gasteiger partial charge is 0.453 e. The van der Waals surface area contributed by atoms with Crippen molar-refractivity contribution in [2.45, 2.75) is 6.18 Å². The number of alkyl halides is 3. The molecule has 0 heterocycles. The maximum absolute atomic E-state index is 11.7. The highest BCUT2D eigenvalue weighted by atomic mass is 19.4. The molecule has 0 bridgehead atoms. The minimum atomic E-state index is -4.59. The normalized spacial score (nSPS) is 11.5. The van der Waals surface area contributed by atoms with Crippen molar-refractivity contribution in [3.63, 3.8) is 0 Å². The van der Waals surface area contributed by atoms with Gasteiger partial charge in [-0.05, 0) is 11.6 Å². The van der Waals surface area contributed by atoms with Crippen LogP contribution in [-0.2, 0) is 9.53 Å². The van der Waals surface area contributed by atoms with Crippen molar-refractivity contribution >= 4 is 17.7 Å². The molecular weight excluding hydrogens is 267 g/mol. The van der Waals surface area contributed by atoms with Crippen LogP contribution in [0.4, 0.5) is 18.9 Å². The van der Waals surface area contributed by atoms with E-state index in [0.29, 0.717) is 5.56 Å². The van der Waals surface area contributed by atoms with Crippen LogP contribution in [0, 0.1) is 10.1 Å². The van der Waals surface area contributed by atoms with Crippen molar-refractivity contribution in [3.05, 3.63) is 46.0 Å². The summed E-state index contributed by atoms with van der Waals surface area (Å²) in [6.07, 6.45) is -2.69. The molecule has 0 aromatic heterocycles. The lowest BCUT2D eigenvalue weighted by Gasteiger charge is -2.05. The molecule has 0 saturated carbocycles. The molecule has 1 aromatic rings. The molecule has 0 aliphatic heterocycles. The first-order valence-corrected chi connectivity index (χ1v) is 4.94. The third kappa shape index (κ3) is 5.66. The highest BCUT2D eigenvalue weighted by Gasteiger charge is 2.29. The van der Waals surface area contributed by atoms with Gasteiger partial charge in [-0.15, -0.1) is 0 Å². The molecule has 0 spiro atoms. The number of hydrogen-bond acceptors (Lipinski definition) is 4. The number of nitrogens with zero attached hydrogens (tertiary/aromatic N) is 1. The van der Waals surface area contributed by atoms with Gasteiger partial charge in [0.15, 0.2) is 6.61 Å². The standard InChI is InChI=1S/C11H8F3NO4/c12-11(13,14)7-19-10(16)5-4-8-2-1-3-9(6-8)15(17)18/h1-6H,7H2/b5-4+. The second-order valence-corrected chi connectivity index (χ2v) is 3.41. The first-order valence-electron chi connectivity index (χ1n) is 4.94. The summed E-state index contributed by atoms with van der Waals surface area (Å²) >= 11 is 0. The highest BCUT2D eigenvalue weighted by molar-refractivity contribution is 5.87. The molecule has 0 aliphatic carbocycles. The second-order valence-electron chi connectivity index (χ2n) is 3.41. The minimum Gasteiger partial charge on any atom is -0.453 e. The van der Waals surface area contributed by atoms with Crippen molar-refractivity contribution < 1.29 is 27.6 Å². The topological polar surface area (TPSA) is 69.4 Å². The molecule has 1 aromatic carbocycles. The Morgan fingerprint density at radius 1 is 1.42 bits per heavy atom. The Hall–Kier alpha value is -2.38. The van der Waals surface area contributed by atoms with Crippen LogP contribution in [0.2, 0.25) is 0 Å². The summed E-state index contributed by atoms with van der Waals surface area (Å²) in [4.78, 5) is 20.8. The van der Waals surface area contributed by atoms with Gasteiger partial charge in [0.1, 0.15) is 0 Å². The van der Waals surface area contributed by atoms with Gasteiger partial charge in [0.25, 0.3) is 5.69 Å². The number of rotatable bonds is 4. The predicted molar refractivity (Wildman–Crippen MR) is 59.1 cm³/mol. The third-order valence-electron chi connectivity index (χ3n) is 1.87. The Morgan fingerprint density at radius 2 is 2.11 bits per heavy atom. The summed E-state index contributed by atoms with van der Waals surface area (Å²) < 4.78 is 39.2. The highest BCUT2D eigenvalue weighted by Crippen LogP contribution is 2.16. The van der Waals surface area contributed by atoms with Crippen LogP contribution in [0.25, 0.3) is 6.08 Å². The molecule has 0 aliphatic rings. The number of hydrogen-bond donors (Lipinski definition) is 0. The summed E-state index contributed by atoms with van der Waals surface area (Å²) in [6, 6.07) is 5.27. The molecule has 0 radical (unpaired) electrons. The van der Waals surface area contributed by atoms with Crippen LogP contribution in [0.15, 0.2) is 30.3 Å². The number of carbonyl (C=O) groups is 1. The Bertz CT molecular complexity index is 511. The number of non-ortho nitro benzene ring substituents is 1. The molecule has 0 fully saturated rings. The number of halogens is 3. The van der Waals surface area contributed by atoms with Crippen LogP contribution in [0.3, 0.4) is 0 Å². The zero-order chi connectivity index (χ0) is 14.5. The van der Waals surface area contributed by atoms with Crippen LogP contribution < -0.4 is 0 Å². The summed E-state index contributed by atoms with van der Waals surface area (Å²) in [6.45, 7) is -1.68. The lowest BCUT2D eigenvalue weighted by Crippen LogP contribution is -2.19. The number of nitro groups is 1. The third-order valence-corrected chi connectivity index (χ3v) is 1.87. The lowest BCUT2D eigenvalue weighted by atomic mass is 10.2. The Kier molecular flexibility index (Phi) is 4.62. The van der Waals surface area contributed by atoms with E-state index in [2.05, 4.69) is 4.74 Å². The van der Waals surface area contributed by atoms with Crippen molar-refractivity contribution in [3.8, 4) is 0 Å². The molecule has 5 nitrogen and oxygen atoms in total. The number of nitro benzene ring substituents is 1.